The molecule has 120 valence electrons. The van der Waals surface area contributed by atoms with Gasteiger partial charge in [0, 0.05) is 12.4 Å². The maximum atomic E-state index is 4.24. The first-order valence-corrected chi connectivity index (χ1v) is 8.88. The summed E-state index contributed by atoms with van der Waals surface area (Å²) in [4.78, 5) is 4.24. The quantitative estimate of drug-likeness (QED) is 0.558. The van der Waals surface area contributed by atoms with Gasteiger partial charge in [-0.2, -0.15) is 0 Å². The SMILES string of the molecule is CCCC[C@H](CCC)c1ccccc1C(CC)n1ccnc1. The minimum Gasteiger partial charge on any atom is -0.330 e. The highest BCUT2D eigenvalue weighted by molar-refractivity contribution is 5.33. The first kappa shape index (κ1) is 16.8. The average Bonchev–Trinajstić information content (AvgIpc) is 3.07. The van der Waals surface area contributed by atoms with E-state index in [1.165, 1.54) is 37.7 Å². The van der Waals surface area contributed by atoms with E-state index >= 15 is 0 Å². The standard InChI is InChI=1S/C20H30N2/c1-4-7-11-17(10-5-2)18-12-8-9-13-19(18)20(6-3)22-15-14-21-16-22/h8-9,12-17,20H,4-7,10-11H2,1-3H3/t17-,20?/m0/s1. The van der Waals surface area contributed by atoms with Crippen LogP contribution < -0.4 is 0 Å². The lowest BCUT2D eigenvalue weighted by molar-refractivity contribution is 0.513. The summed E-state index contributed by atoms with van der Waals surface area (Å²) in [5.74, 6) is 0.693. The van der Waals surface area contributed by atoms with E-state index in [-0.39, 0.29) is 0 Å². The lowest BCUT2D eigenvalue weighted by Gasteiger charge is -2.25. The first-order valence-electron chi connectivity index (χ1n) is 8.88. The van der Waals surface area contributed by atoms with Crippen LogP contribution in [0.1, 0.15) is 82.4 Å². The van der Waals surface area contributed by atoms with Crippen LogP contribution in [0.15, 0.2) is 43.0 Å². The summed E-state index contributed by atoms with van der Waals surface area (Å²) in [5.41, 5.74) is 3.04. The van der Waals surface area contributed by atoms with Crippen LogP contribution in [-0.4, -0.2) is 9.55 Å². The molecule has 0 amide bonds. The van der Waals surface area contributed by atoms with Crippen LogP contribution in [0, 0.1) is 0 Å². The Labute approximate surface area is 135 Å². The number of nitrogens with zero attached hydrogens (tertiary/aromatic N) is 2. The largest absolute Gasteiger partial charge is 0.330 e. The Kier molecular flexibility index (Phi) is 6.70. The fraction of sp³-hybridized carbons (Fsp3) is 0.550. The van der Waals surface area contributed by atoms with E-state index in [0.717, 1.165) is 6.42 Å². The van der Waals surface area contributed by atoms with E-state index in [2.05, 4.69) is 60.8 Å². The fourth-order valence-corrected chi connectivity index (χ4v) is 3.49. The fourth-order valence-electron chi connectivity index (χ4n) is 3.49. The second kappa shape index (κ2) is 8.77. The molecule has 0 aliphatic rings. The molecular weight excluding hydrogens is 268 g/mol. The van der Waals surface area contributed by atoms with Gasteiger partial charge in [0.1, 0.15) is 0 Å². The molecule has 0 radical (unpaired) electrons. The Morgan fingerprint density at radius 3 is 2.36 bits per heavy atom. The van der Waals surface area contributed by atoms with Crippen LogP contribution in [-0.2, 0) is 0 Å². The highest BCUT2D eigenvalue weighted by atomic mass is 15.0. The number of rotatable bonds is 9. The average molecular weight is 298 g/mol. The molecule has 1 aromatic heterocycles. The van der Waals surface area contributed by atoms with Crippen molar-refractivity contribution in [3.8, 4) is 0 Å². The van der Waals surface area contributed by atoms with Crippen LogP contribution >= 0.6 is 0 Å². The molecule has 2 aromatic rings. The summed E-state index contributed by atoms with van der Waals surface area (Å²) >= 11 is 0. The Bertz CT molecular complexity index is 530. The molecule has 22 heavy (non-hydrogen) atoms. The van der Waals surface area contributed by atoms with E-state index in [1.54, 1.807) is 5.56 Å². The summed E-state index contributed by atoms with van der Waals surface area (Å²) in [7, 11) is 0. The number of hydrogen-bond donors (Lipinski definition) is 0. The first-order chi connectivity index (χ1) is 10.8. The number of benzene rings is 1. The molecule has 0 aliphatic heterocycles. The van der Waals surface area contributed by atoms with Crippen molar-refractivity contribution in [2.45, 2.75) is 71.3 Å². The van der Waals surface area contributed by atoms with Crippen molar-refractivity contribution in [1.29, 1.82) is 0 Å². The van der Waals surface area contributed by atoms with Crippen molar-refractivity contribution in [2.75, 3.05) is 0 Å². The van der Waals surface area contributed by atoms with E-state index in [0.29, 0.717) is 12.0 Å². The zero-order chi connectivity index (χ0) is 15.8. The number of hydrogen-bond acceptors (Lipinski definition) is 1. The second-order valence-electron chi connectivity index (χ2n) is 6.19. The van der Waals surface area contributed by atoms with E-state index in [4.69, 9.17) is 0 Å². The predicted molar refractivity (Wildman–Crippen MR) is 94.3 cm³/mol. The van der Waals surface area contributed by atoms with Crippen molar-refractivity contribution < 1.29 is 0 Å². The Morgan fingerprint density at radius 1 is 1.00 bits per heavy atom. The van der Waals surface area contributed by atoms with Crippen LogP contribution in [0.2, 0.25) is 0 Å². The molecule has 0 aliphatic carbocycles. The van der Waals surface area contributed by atoms with Crippen LogP contribution in [0.3, 0.4) is 0 Å². The molecule has 2 nitrogen and oxygen atoms in total. The highest BCUT2D eigenvalue weighted by Gasteiger charge is 2.19. The van der Waals surface area contributed by atoms with Gasteiger partial charge in [-0.05, 0) is 36.3 Å². The Morgan fingerprint density at radius 2 is 1.77 bits per heavy atom. The predicted octanol–water partition coefficient (Wildman–Crippen LogP) is 5.96. The molecule has 0 saturated heterocycles. The van der Waals surface area contributed by atoms with Crippen molar-refractivity contribution in [3.05, 3.63) is 54.1 Å². The molecule has 2 rings (SSSR count). The maximum Gasteiger partial charge on any atom is 0.0951 e. The normalized spacial score (nSPS) is 14.0. The second-order valence-corrected chi connectivity index (χ2v) is 6.19. The van der Waals surface area contributed by atoms with E-state index in [1.807, 2.05) is 12.5 Å². The lowest BCUT2D eigenvalue weighted by Crippen LogP contribution is -2.12. The molecule has 0 bridgehead atoms. The van der Waals surface area contributed by atoms with Crippen molar-refractivity contribution in [1.82, 2.24) is 9.55 Å². The molecule has 0 fully saturated rings. The molecule has 2 atom stereocenters. The van der Waals surface area contributed by atoms with Gasteiger partial charge < -0.3 is 4.57 Å². The number of unbranched alkanes of at least 4 members (excludes halogenated alkanes) is 1. The number of aromatic nitrogens is 2. The van der Waals surface area contributed by atoms with E-state index in [9.17, 15) is 0 Å². The third-order valence-electron chi connectivity index (χ3n) is 4.61. The molecule has 0 saturated carbocycles. The molecule has 0 spiro atoms. The van der Waals surface area contributed by atoms with Gasteiger partial charge in [-0.15, -0.1) is 0 Å². The van der Waals surface area contributed by atoms with E-state index < -0.39 is 0 Å². The monoisotopic (exact) mass is 298 g/mol. The molecule has 0 N–H and O–H groups in total. The van der Waals surface area contributed by atoms with Gasteiger partial charge in [0.2, 0.25) is 0 Å². The Hall–Kier alpha value is -1.57. The zero-order valence-electron chi connectivity index (χ0n) is 14.3. The van der Waals surface area contributed by atoms with Crippen molar-refractivity contribution in [2.24, 2.45) is 0 Å². The minimum absolute atomic E-state index is 0.402. The topological polar surface area (TPSA) is 17.8 Å². The summed E-state index contributed by atoms with van der Waals surface area (Å²) in [6.07, 6.45) is 13.5. The van der Waals surface area contributed by atoms with Gasteiger partial charge in [-0.1, -0.05) is 64.3 Å². The molecule has 2 heteroatoms. The van der Waals surface area contributed by atoms with Crippen molar-refractivity contribution >= 4 is 0 Å². The van der Waals surface area contributed by atoms with Crippen LogP contribution in [0.5, 0.6) is 0 Å². The molecule has 1 heterocycles. The van der Waals surface area contributed by atoms with Gasteiger partial charge in [0.25, 0.3) is 0 Å². The van der Waals surface area contributed by atoms with Gasteiger partial charge in [-0.25, -0.2) is 4.98 Å². The van der Waals surface area contributed by atoms with Gasteiger partial charge in [0.15, 0.2) is 0 Å². The summed E-state index contributed by atoms with van der Waals surface area (Å²) < 4.78 is 2.25. The van der Waals surface area contributed by atoms with Crippen LogP contribution in [0.25, 0.3) is 0 Å². The highest BCUT2D eigenvalue weighted by Crippen LogP contribution is 2.34. The zero-order valence-corrected chi connectivity index (χ0v) is 14.3. The summed E-state index contributed by atoms with van der Waals surface area (Å²) in [6.45, 7) is 6.85. The third-order valence-corrected chi connectivity index (χ3v) is 4.61. The van der Waals surface area contributed by atoms with Crippen molar-refractivity contribution in [3.63, 3.8) is 0 Å². The van der Waals surface area contributed by atoms with Crippen LogP contribution in [0.4, 0.5) is 0 Å². The maximum absolute atomic E-state index is 4.24. The summed E-state index contributed by atoms with van der Waals surface area (Å²) in [5, 5.41) is 0. The third kappa shape index (κ3) is 4.00. The summed E-state index contributed by atoms with van der Waals surface area (Å²) in [6, 6.07) is 9.46. The smallest absolute Gasteiger partial charge is 0.0951 e. The Balaban J connectivity index is 2.35. The van der Waals surface area contributed by atoms with Gasteiger partial charge >= 0.3 is 0 Å². The van der Waals surface area contributed by atoms with Gasteiger partial charge in [0.05, 0.1) is 12.4 Å². The molecule has 1 aromatic carbocycles. The van der Waals surface area contributed by atoms with Gasteiger partial charge in [-0.3, -0.25) is 0 Å². The lowest BCUT2D eigenvalue weighted by atomic mass is 9.84. The molecule has 1 unspecified atom stereocenters. The molecular formula is C20H30N2. The number of imidazole rings is 1. The minimum atomic E-state index is 0.402.